The van der Waals surface area contributed by atoms with Gasteiger partial charge in [0.1, 0.15) is 5.82 Å². The molecule has 6 nitrogen and oxygen atoms in total. The molecule has 1 aliphatic rings. The van der Waals surface area contributed by atoms with Crippen molar-refractivity contribution < 1.29 is 9.90 Å². The summed E-state index contributed by atoms with van der Waals surface area (Å²) in [5, 5.41) is 13.0. The summed E-state index contributed by atoms with van der Waals surface area (Å²) in [6.45, 7) is 3.92. The van der Waals surface area contributed by atoms with Crippen molar-refractivity contribution in [2.24, 2.45) is 0 Å². The molecule has 0 bridgehead atoms. The first-order chi connectivity index (χ1) is 9.99. The first kappa shape index (κ1) is 15.7. The second-order valence-corrected chi connectivity index (χ2v) is 5.97. The minimum atomic E-state index is -0.496. The standard InChI is InChI=1S/C15H24N4O2/c1-9(2)14-17-8-10(16)13(19-14)15(21)18-11-6-4-3-5-7-12(11)20/h8-9,11-12,20H,3-7,16H2,1-2H3,(H,18,21). The largest absolute Gasteiger partial charge is 0.396 e. The van der Waals surface area contributed by atoms with E-state index >= 15 is 0 Å². The van der Waals surface area contributed by atoms with Crippen LogP contribution in [0.3, 0.4) is 0 Å². The van der Waals surface area contributed by atoms with E-state index in [1.165, 1.54) is 6.20 Å². The fraction of sp³-hybridized carbons (Fsp3) is 0.667. The summed E-state index contributed by atoms with van der Waals surface area (Å²) >= 11 is 0. The predicted octanol–water partition coefficient (Wildman–Crippen LogP) is 1.61. The average Bonchev–Trinajstić information content (AvgIpc) is 2.64. The van der Waals surface area contributed by atoms with Gasteiger partial charge >= 0.3 is 0 Å². The fourth-order valence-electron chi connectivity index (χ4n) is 2.56. The molecule has 0 aromatic carbocycles. The highest BCUT2D eigenvalue weighted by Crippen LogP contribution is 2.19. The van der Waals surface area contributed by atoms with Crippen LogP contribution >= 0.6 is 0 Å². The molecule has 2 unspecified atom stereocenters. The molecule has 1 heterocycles. The summed E-state index contributed by atoms with van der Waals surface area (Å²) in [7, 11) is 0. The zero-order valence-corrected chi connectivity index (χ0v) is 12.7. The number of hydrogen-bond acceptors (Lipinski definition) is 5. The van der Waals surface area contributed by atoms with Crippen molar-refractivity contribution >= 4 is 11.6 Å². The Bertz CT molecular complexity index is 504. The topological polar surface area (TPSA) is 101 Å². The number of hydrogen-bond donors (Lipinski definition) is 3. The third kappa shape index (κ3) is 3.91. The van der Waals surface area contributed by atoms with E-state index in [2.05, 4.69) is 15.3 Å². The van der Waals surface area contributed by atoms with Gasteiger partial charge in [-0.2, -0.15) is 0 Å². The molecule has 1 aliphatic carbocycles. The molecule has 1 saturated carbocycles. The maximum Gasteiger partial charge on any atom is 0.272 e. The molecule has 1 fully saturated rings. The minimum Gasteiger partial charge on any atom is -0.396 e. The van der Waals surface area contributed by atoms with Gasteiger partial charge in [0.05, 0.1) is 24.0 Å². The maximum absolute atomic E-state index is 12.4. The van der Waals surface area contributed by atoms with Gasteiger partial charge in [-0.05, 0) is 12.8 Å². The van der Waals surface area contributed by atoms with Crippen molar-refractivity contribution in [3.63, 3.8) is 0 Å². The Labute approximate surface area is 125 Å². The van der Waals surface area contributed by atoms with E-state index in [1.807, 2.05) is 13.8 Å². The van der Waals surface area contributed by atoms with E-state index < -0.39 is 6.10 Å². The second-order valence-electron chi connectivity index (χ2n) is 5.97. The summed E-state index contributed by atoms with van der Waals surface area (Å²) in [5.74, 6) is 0.388. The number of aliphatic hydroxyl groups is 1. The molecule has 6 heteroatoms. The Morgan fingerprint density at radius 3 is 2.81 bits per heavy atom. The van der Waals surface area contributed by atoms with Crippen molar-refractivity contribution in [1.82, 2.24) is 15.3 Å². The predicted molar refractivity (Wildman–Crippen MR) is 80.9 cm³/mol. The number of rotatable bonds is 3. The van der Waals surface area contributed by atoms with Crippen molar-refractivity contribution in [2.75, 3.05) is 5.73 Å². The number of nitrogens with two attached hydrogens (primary N) is 1. The van der Waals surface area contributed by atoms with Crippen LogP contribution in [0.5, 0.6) is 0 Å². The van der Waals surface area contributed by atoms with Crippen LogP contribution in [0, 0.1) is 0 Å². The summed E-state index contributed by atoms with van der Waals surface area (Å²) in [5.41, 5.74) is 6.28. The summed E-state index contributed by atoms with van der Waals surface area (Å²) in [4.78, 5) is 20.8. The van der Waals surface area contributed by atoms with Gasteiger partial charge < -0.3 is 16.2 Å². The van der Waals surface area contributed by atoms with E-state index in [1.54, 1.807) is 0 Å². The lowest BCUT2D eigenvalue weighted by atomic mass is 10.1. The SMILES string of the molecule is CC(C)c1ncc(N)c(C(=O)NC2CCCCCC2O)n1. The van der Waals surface area contributed by atoms with Crippen molar-refractivity contribution in [1.29, 1.82) is 0 Å². The van der Waals surface area contributed by atoms with Crippen LogP contribution in [0.15, 0.2) is 6.20 Å². The lowest BCUT2D eigenvalue weighted by Gasteiger charge is -2.22. The van der Waals surface area contributed by atoms with Gasteiger partial charge in [0.25, 0.3) is 5.91 Å². The smallest absolute Gasteiger partial charge is 0.272 e. The lowest BCUT2D eigenvalue weighted by Crippen LogP contribution is -2.43. The Kier molecular flexibility index (Phi) is 5.12. The summed E-state index contributed by atoms with van der Waals surface area (Å²) in [6, 6.07) is -0.225. The van der Waals surface area contributed by atoms with E-state index in [4.69, 9.17) is 5.73 Å². The van der Waals surface area contributed by atoms with Gasteiger partial charge in [0.2, 0.25) is 0 Å². The molecular formula is C15H24N4O2. The quantitative estimate of drug-likeness (QED) is 0.735. The Morgan fingerprint density at radius 1 is 1.38 bits per heavy atom. The third-order valence-corrected chi connectivity index (χ3v) is 3.86. The van der Waals surface area contributed by atoms with Crippen LogP contribution in [0.4, 0.5) is 5.69 Å². The van der Waals surface area contributed by atoms with Gasteiger partial charge in [-0.15, -0.1) is 0 Å². The Balaban J connectivity index is 2.13. The number of nitrogens with one attached hydrogen (secondary N) is 1. The normalized spacial score (nSPS) is 22.9. The number of nitrogen functional groups attached to an aromatic ring is 1. The zero-order valence-electron chi connectivity index (χ0n) is 12.7. The van der Waals surface area contributed by atoms with Crippen LogP contribution in [-0.2, 0) is 0 Å². The summed E-state index contributed by atoms with van der Waals surface area (Å²) in [6.07, 6.45) is 5.59. The fourth-order valence-corrected chi connectivity index (χ4v) is 2.56. The molecule has 1 amide bonds. The first-order valence-corrected chi connectivity index (χ1v) is 7.60. The molecule has 21 heavy (non-hydrogen) atoms. The first-order valence-electron chi connectivity index (χ1n) is 7.60. The highest BCUT2D eigenvalue weighted by molar-refractivity contribution is 5.97. The molecule has 0 radical (unpaired) electrons. The van der Waals surface area contributed by atoms with Gasteiger partial charge in [0.15, 0.2) is 5.69 Å². The molecule has 116 valence electrons. The number of aliphatic hydroxyl groups excluding tert-OH is 1. The third-order valence-electron chi connectivity index (χ3n) is 3.86. The molecular weight excluding hydrogens is 268 g/mol. The molecule has 1 aromatic heterocycles. The van der Waals surface area contributed by atoms with Crippen molar-refractivity contribution in [3.05, 3.63) is 17.7 Å². The number of carbonyl (C=O) groups excluding carboxylic acids is 1. The van der Waals surface area contributed by atoms with Crippen molar-refractivity contribution in [2.45, 2.75) is 64.0 Å². The van der Waals surface area contributed by atoms with E-state index in [0.29, 0.717) is 5.82 Å². The highest BCUT2D eigenvalue weighted by atomic mass is 16.3. The number of nitrogens with zero attached hydrogens (tertiary/aromatic N) is 2. The van der Waals surface area contributed by atoms with Crippen LogP contribution in [0.25, 0.3) is 0 Å². The minimum absolute atomic E-state index is 0.126. The van der Waals surface area contributed by atoms with Crippen LogP contribution < -0.4 is 11.1 Å². The molecule has 2 atom stereocenters. The summed E-state index contributed by atoms with van der Waals surface area (Å²) < 4.78 is 0. The maximum atomic E-state index is 12.4. The average molecular weight is 292 g/mol. The molecule has 0 spiro atoms. The number of anilines is 1. The molecule has 1 aromatic rings. The number of carbonyl (C=O) groups is 1. The van der Waals surface area contributed by atoms with Gasteiger partial charge in [0, 0.05) is 5.92 Å². The number of amides is 1. The number of aromatic nitrogens is 2. The Morgan fingerprint density at radius 2 is 2.10 bits per heavy atom. The molecule has 0 saturated heterocycles. The zero-order chi connectivity index (χ0) is 15.4. The molecule has 2 rings (SSSR count). The van der Waals surface area contributed by atoms with Gasteiger partial charge in [-0.1, -0.05) is 33.1 Å². The molecule has 4 N–H and O–H groups in total. The van der Waals surface area contributed by atoms with E-state index in [9.17, 15) is 9.90 Å². The van der Waals surface area contributed by atoms with Crippen LogP contribution in [0.2, 0.25) is 0 Å². The molecule has 0 aliphatic heterocycles. The van der Waals surface area contributed by atoms with Crippen LogP contribution in [0.1, 0.15) is 68.2 Å². The van der Waals surface area contributed by atoms with Crippen molar-refractivity contribution in [3.8, 4) is 0 Å². The van der Waals surface area contributed by atoms with Crippen LogP contribution in [-0.4, -0.2) is 33.1 Å². The van der Waals surface area contributed by atoms with E-state index in [-0.39, 0.29) is 29.2 Å². The van der Waals surface area contributed by atoms with Gasteiger partial charge in [-0.3, -0.25) is 4.79 Å². The highest BCUT2D eigenvalue weighted by Gasteiger charge is 2.25. The Hall–Kier alpha value is -1.69. The van der Waals surface area contributed by atoms with E-state index in [0.717, 1.165) is 32.1 Å². The second kappa shape index (κ2) is 6.85. The van der Waals surface area contributed by atoms with Gasteiger partial charge in [-0.25, -0.2) is 9.97 Å². The monoisotopic (exact) mass is 292 g/mol. The lowest BCUT2D eigenvalue weighted by molar-refractivity contribution is 0.0814.